The highest BCUT2D eigenvalue weighted by Gasteiger charge is 2.42. The van der Waals surface area contributed by atoms with Gasteiger partial charge in [0.2, 0.25) is 15.9 Å². The molecule has 148 valence electrons. The molecular formula is C15H20BF2N3O5S. The lowest BCUT2D eigenvalue weighted by Crippen LogP contribution is -2.60. The first-order valence-electron chi connectivity index (χ1n) is 8.57. The molecule has 0 saturated carbocycles. The lowest BCUT2D eigenvalue weighted by atomic mass is 9.77. The molecular weight excluding hydrogens is 383 g/mol. The van der Waals surface area contributed by atoms with Crippen molar-refractivity contribution in [3.05, 3.63) is 29.8 Å². The van der Waals surface area contributed by atoms with E-state index in [0.29, 0.717) is 25.5 Å². The van der Waals surface area contributed by atoms with Gasteiger partial charge in [0.1, 0.15) is 22.6 Å². The minimum Gasteiger partial charge on any atom is -0.426 e. The number of rotatable bonds is 4. The quantitative estimate of drug-likeness (QED) is 0.553. The molecule has 1 amide bonds. The van der Waals surface area contributed by atoms with E-state index in [9.17, 15) is 32.0 Å². The number of benzene rings is 1. The van der Waals surface area contributed by atoms with Crippen LogP contribution in [0.15, 0.2) is 23.1 Å². The Morgan fingerprint density at radius 1 is 1.26 bits per heavy atom. The maximum absolute atomic E-state index is 14.0. The van der Waals surface area contributed by atoms with Crippen LogP contribution in [0.3, 0.4) is 0 Å². The minimum atomic E-state index is -4.25. The van der Waals surface area contributed by atoms with Crippen LogP contribution in [-0.4, -0.2) is 78.9 Å². The number of halogens is 2. The molecule has 1 aromatic carbocycles. The van der Waals surface area contributed by atoms with Gasteiger partial charge in [-0.1, -0.05) is 0 Å². The third kappa shape index (κ3) is 3.99. The molecule has 0 aromatic heterocycles. The second-order valence-corrected chi connectivity index (χ2v) is 8.51. The number of likely N-dealkylation sites (tertiary alicyclic amines) is 1. The Bertz CT molecular complexity index is 826. The molecule has 3 N–H and O–H groups in total. The highest BCUT2D eigenvalue weighted by atomic mass is 32.2. The van der Waals surface area contributed by atoms with Crippen molar-refractivity contribution >= 4 is 23.0 Å². The number of nitrogens with one attached hydrogen (secondary N) is 1. The Morgan fingerprint density at radius 3 is 2.67 bits per heavy atom. The fraction of sp³-hybridized carbons (Fsp3) is 0.533. The van der Waals surface area contributed by atoms with Crippen LogP contribution in [0.4, 0.5) is 8.78 Å². The molecule has 2 atom stereocenters. The van der Waals surface area contributed by atoms with Crippen LogP contribution in [0.25, 0.3) is 0 Å². The molecule has 0 bridgehead atoms. The first-order chi connectivity index (χ1) is 12.7. The predicted octanol–water partition coefficient (Wildman–Crippen LogP) is -1.07. The fourth-order valence-corrected chi connectivity index (χ4v) is 5.01. The van der Waals surface area contributed by atoms with Gasteiger partial charge in [0.15, 0.2) is 0 Å². The third-order valence-corrected chi connectivity index (χ3v) is 6.77. The highest BCUT2D eigenvalue weighted by molar-refractivity contribution is 7.89. The van der Waals surface area contributed by atoms with Gasteiger partial charge in [-0.25, -0.2) is 17.2 Å². The van der Waals surface area contributed by atoms with E-state index in [1.807, 2.05) is 0 Å². The van der Waals surface area contributed by atoms with Gasteiger partial charge in [-0.15, -0.1) is 0 Å². The van der Waals surface area contributed by atoms with Gasteiger partial charge in [-0.3, -0.25) is 4.79 Å². The van der Waals surface area contributed by atoms with E-state index in [1.165, 1.54) is 4.90 Å². The molecule has 0 spiro atoms. The number of hydrogen-bond donors (Lipinski definition) is 3. The minimum absolute atomic E-state index is 0.0228. The molecule has 2 heterocycles. The standard InChI is InChI=1S/C15H20BF2N3O5S/c17-10-3-4-13(11(18)8-10)27(25,26)20-7-5-19-12(9-20)15(22)21-6-1-2-14(21)16(23)24/h3-4,8,12,14,19,23-24H,1-2,5-7,9H2/t12-,14-/m0/s1. The zero-order valence-corrected chi connectivity index (χ0v) is 15.2. The Kier molecular flexibility index (Phi) is 5.82. The van der Waals surface area contributed by atoms with Gasteiger partial charge in [0.05, 0.1) is 5.94 Å². The van der Waals surface area contributed by atoms with Crippen molar-refractivity contribution in [3.63, 3.8) is 0 Å². The average molecular weight is 403 g/mol. The first kappa shape index (κ1) is 20.1. The van der Waals surface area contributed by atoms with E-state index in [2.05, 4.69) is 5.32 Å². The zero-order valence-electron chi connectivity index (χ0n) is 14.4. The lowest BCUT2D eigenvalue weighted by molar-refractivity contribution is -0.134. The van der Waals surface area contributed by atoms with Gasteiger partial charge < -0.3 is 20.3 Å². The number of nitrogens with zero attached hydrogens (tertiary/aromatic N) is 2. The first-order valence-corrected chi connectivity index (χ1v) is 10.0. The topological polar surface area (TPSA) is 110 Å². The van der Waals surface area contributed by atoms with Crippen molar-refractivity contribution in [1.29, 1.82) is 0 Å². The van der Waals surface area contributed by atoms with Crippen molar-refractivity contribution in [2.75, 3.05) is 26.2 Å². The molecule has 2 fully saturated rings. The summed E-state index contributed by atoms with van der Waals surface area (Å²) in [4.78, 5) is 13.4. The summed E-state index contributed by atoms with van der Waals surface area (Å²) in [7, 11) is -5.92. The maximum Gasteiger partial charge on any atom is 0.475 e. The summed E-state index contributed by atoms with van der Waals surface area (Å²) < 4.78 is 53.4. The largest absolute Gasteiger partial charge is 0.475 e. The van der Waals surface area contributed by atoms with E-state index in [4.69, 9.17) is 0 Å². The summed E-state index contributed by atoms with van der Waals surface area (Å²) in [6.45, 7) is 0.301. The van der Waals surface area contributed by atoms with Gasteiger partial charge in [-0.05, 0) is 25.0 Å². The van der Waals surface area contributed by atoms with E-state index in [1.54, 1.807) is 0 Å². The summed E-state index contributed by atoms with van der Waals surface area (Å²) in [5.74, 6) is -3.26. The van der Waals surface area contributed by atoms with Crippen molar-refractivity contribution < 1.29 is 32.0 Å². The van der Waals surface area contributed by atoms with Gasteiger partial charge in [-0.2, -0.15) is 4.31 Å². The van der Waals surface area contributed by atoms with Gasteiger partial charge in [0, 0.05) is 32.2 Å². The molecule has 3 rings (SSSR count). The molecule has 0 unspecified atom stereocenters. The number of piperazine rings is 1. The van der Waals surface area contributed by atoms with Crippen molar-refractivity contribution in [2.45, 2.75) is 29.7 Å². The van der Waals surface area contributed by atoms with Crippen LogP contribution in [0.1, 0.15) is 12.8 Å². The van der Waals surface area contributed by atoms with E-state index >= 15 is 0 Å². The Hall–Kier alpha value is -1.60. The number of hydrogen-bond acceptors (Lipinski definition) is 6. The number of amides is 1. The van der Waals surface area contributed by atoms with Gasteiger partial charge in [0.25, 0.3) is 0 Å². The van der Waals surface area contributed by atoms with Crippen molar-refractivity contribution in [1.82, 2.24) is 14.5 Å². The van der Waals surface area contributed by atoms with Crippen molar-refractivity contribution in [2.24, 2.45) is 0 Å². The highest BCUT2D eigenvalue weighted by Crippen LogP contribution is 2.23. The molecule has 8 nitrogen and oxygen atoms in total. The molecule has 2 saturated heterocycles. The van der Waals surface area contributed by atoms with E-state index in [0.717, 1.165) is 16.4 Å². The second-order valence-electron chi connectivity index (χ2n) is 6.60. The van der Waals surface area contributed by atoms with E-state index in [-0.39, 0.29) is 19.6 Å². The van der Waals surface area contributed by atoms with Crippen LogP contribution in [0, 0.1) is 11.6 Å². The SMILES string of the molecule is O=C([C@@H]1CN(S(=O)(=O)c2ccc(F)cc2F)CCN1)N1CCC[C@H]1B(O)O. The Balaban J connectivity index is 1.78. The molecule has 27 heavy (non-hydrogen) atoms. The Labute approximate surface area is 156 Å². The number of sulfonamides is 1. The molecule has 12 heteroatoms. The third-order valence-electron chi connectivity index (χ3n) is 4.87. The summed E-state index contributed by atoms with van der Waals surface area (Å²) >= 11 is 0. The number of carbonyl (C=O) groups is 1. The van der Waals surface area contributed by atoms with Crippen LogP contribution in [-0.2, 0) is 14.8 Å². The predicted molar refractivity (Wildman–Crippen MR) is 91.8 cm³/mol. The molecule has 2 aliphatic heterocycles. The smallest absolute Gasteiger partial charge is 0.426 e. The van der Waals surface area contributed by atoms with Crippen LogP contribution in [0.5, 0.6) is 0 Å². The second kappa shape index (κ2) is 7.80. The molecule has 2 aliphatic rings. The summed E-state index contributed by atoms with van der Waals surface area (Å²) in [6.07, 6.45) is 1.06. The summed E-state index contributed by atoms with van der Waals surface area (Å²) in [5, 5.41) is 21.7. The van der Waals surface area contributed by atoms with Crippen LogP contribution >= 0.6 is 0 Å². The van der Waals surface area contributed by atoms with Crippen molar-refractivity contribution in [3.8, 4) is 0 Å². The molecule has 0 radical (unpaired) electrons. The maximum atomic E-state index is 14.0. The van der Waals surface area contributed by atoms with Crippen LogP contribution < -0.4 is 5.32 Å². The normalized spacial score (nSPS) is 24.2. The average Bonchev–Trinajstić information content (AvgIpc) is 3.11. The lowest BCUT2D eigenvalue weighted by Gasteiger charge is -2.35. The molecule has 0 aliphatic carbocycles. The van der Waals surface area contributed by atoms with Gasteiger partial charge >= 0.3 is 7.12 Å². The fourth-order valence-electron chi connectivity index (χ4n) is 3.51. The monoisotopic (exact) mass is 403 g/mol. The zero-order chi connectivity index (χ0) is 19.8. The Morgan fingerprint density at radius 2 is 2.00 bits per heavy atom. The number of carbonyl (C=O) groups excluding carboxylic acids is 1. The summed E-state index contributed by atoms with van der Waals surface area (Å²) in [5.41, 5.74) is 0. The molecule has 1 aromatic rings. The summed E-state index contributed by atoms with van der Waals surface area (Å²) in [6, 6.07) is 1.32. The van der Waals surface area contributed by atoms with E-state index < -0.39 is 51.6 Å². The van der Waals surface area contributed by atoms with Crippen LogP contribution in [0.2, 0.25) is 0 Å².